The van der Waals surface area contributed by atoms with Crippen molar-refractivity contribution in [1.29, 1.82) is 0 Å². The van der Waals surface area contributed by atoms with E-state index in [9.17, 15) is 9.18 Å². The number of aromatic nitrogens is 2. The van der Waals surface area contributed by atoms with Crippen LogP contribution in [0.1, 0.15) is 5.69 Å². The molecule has 84 valence electrons. The van der Waals surface area contributed by atoms with Crippen LogP contribution in [0.5, 0.6) is 0 Å². The molecule has 0 aliphatic rings. The highest BCUT2D eigenvalue weighted by Crippen LogP contribution is 2.15. The molecular weight excluding hydrogens is 209 g/mol. The molecule has 0 bridgehead atoms. The van der Waals surface area contributed by atoms with Crippen molar-refractivity contribution in [2.24, 2.45) is 0 Å². The number of halogens is 1. The molecule has 0 aliphatic heterocycles. The van der Waals surface area contributed by atoms with E-state index in [1.54, 1.807) is 0 Å². The van der Waals surface area contributed by atoms with Gasteiger partial charge >= 0.3 is 5.69 Å². The fraction of sp³-hybridized carbons (Fsp3) is 0.273. The number of nitrogens with zero attached hydrogens (tertiary/aromatic N) is 1. The Labute approximate surface area is 91.5 Å². The zero-order valence-electron chi connectivity index (χ0n) is 8.88. The average Bonchev–Trinajstić information content (AvgIpc) is 2.26. The summed E-state index contributed by atoms with van der Waals surface area (Å²) in [5.74, 6) is -0.327. The third-order valence-corrected chi connectivity index (χ3v) is 2.39. The van der Waals surface area contributed by atoms with Crippen molar-refractivity contribution in [2.45, 2.75) is 6.42 Å². The van der Waals surface area contributed by atoms with E-state index in [-0.39, 0.29) is 5.82 Å². The van der Waals surface area contributed by atoms with Gasteiger partial charge in [-0.1, -0.05) is 0 Å². The maximum Gasteiger partial charge on any atom is 0.345 e. The topological polar surface area (TPSA) is 57.8 Å². The van der Waals surface area contributed by atoms with E-state index in [4.69, 9.17) is 0 Å². The van der Waals surface area contributed by atoms with Crippen LogP contribution < -0.4 is 11.0 Å². The molecule has 1 heterocycles. The monoisotopic (exact) mass is 221 g/mol. The van der Waals surface area contributed by atoms with E-state index in [2.05, 4.69) is 15.3 Å². The molecule has 0 saturated heterocycles. The third kappa shape index (κ3) is 2.09. The Morgan fingerprint density at radius 3 is 3.06 bits per heavy atom. The first-order valence-corrected chi connectivity index (χ1v) is 5.04. The summed E-state index contributed by atoms with van der Waals surface area (Å²) in [5.41, 5.74) is 0.838. The molecule has 0 spiro atoms. The van der Waals surface area contributed by atoms with E-state index in [0.717, 1.165) is 0 Å². The Kier molecular flexibility index (Phi) is 2.96. The first-order valence-electron chi connectivity index (χ1n) is 5.04. The van der Waals surface area contributed by atoms with Gasteiger partial charge in [0.1, 0.15) is 5.82 Å². The number of hydrogen-bond donors (Lipinski definition) is 2. The van der Waals surface area contributed by atoms with Crippen molar-refractivity contribution in [3.8, 4) is 0 Å². The van der Waals surface area contributed by atoms with Crippen LogP contribution in [-0.4, -0.2) is 23.6 Å². The number of H-pyrrole nitrogens is 1. The highest BCUT2D eigenvalue weighted by Gasteiger charge is 2.05. The lowest BCUT2D eigenvalue weighted by molar-refractivity contribution is 0.629. The Balaban J connectivity index is 2.60. The van der Waals surface area contributed by atoms with Gasteiger partial charge in [0.15, 0.2) is 0 Å². The number of aromatic amines is 1. The highest BCUT2D eigenvalue weighted by atomic mass is 19.1. The number of benzene rings is 1. The maximum absolute atomic E-state index is 13.1. The summed E-state index contributed by atoms with van der Waals surface area (Å²) in [4.78, 5) is 17.7. The predicted molar refractivity (Wildman–Crippen MR) is 60.0 cm³/mol. The van der Waals surface area contributed by atoms with Gasteiger partial charge in [0.05, 0.1) is 5.52 Å². The van der Waals surface area contributed by atoms with Gasteiger partial charge in [-0.2, -0.15) is 4.98 Å². The standard InChI is InChI=1S/C11H12FN3O/c1-13-5-4-10-8-6-7(12)2-3-9(8)14-11(16)15-10/h2-3,6,13H,4-5H2,1H3,(H,14,15,16). The number of rotatable bonds is 3. The van der Waals surface area contributed by atoms with E-state index in [0.29, 0.717) is 29.6 Å². The molecule has 0 atom stereocenters. The van der Waals surface area contributed by atoms with Crippen molar-refractivity contribution in [1.82, 2.24) is 15.3 Å². The first-order chi connectivity index (χ1) is 7.70. The summed E-state index contributed by atoms with van der Waals surface area (Å²) >= 11 is 0. The quantitative estimate of drug-likeness (QED) is 0.807. The number of likely N-dealkylation sites (N-methyl/N-ethyl adjacent to an activating group) is 1. The summed E-state index contributed by atoms with van der Waals surface area (Å²) in [6.07, 6.45) is 0.633. The fourth-order valence-corrected chi connectivity index (χ4v) is 1.63. The summed E-state index contributed by atoms with van der Waals surface area (Å²) in [7, 11) is 1.82. The van der Waals surface area contributed by atoms with Crippen LogP contribution >= 0.6 is 0 Å². The summed E-state index contributed by atoms with van der Waals surface area (Å²) in [6.45, 7) is 0.714. The minimum Gasteiger partial charge on any atom is -0.319 e. The second-order valence-corrected chi connectivity index (χ2v) is 3.54. The lowest BCUT2D eigenvalue weighted by Crippen LogP contribution is -2.17. The lowest BCUT2D eigenvalue weighted by atomic mass is 10.1. The summed E-state index contributed by atoms with van der Waals surface area (Å²) in [6, 6.07) is 4.21. The van der Waals surface area contributed by atoms with Gasteiger partial charge < -0.3 is 10.3 Å². The smallest absolute Gasteiger partial charge is 0.319 e. The summed E-state index contributed by atoms with van der Waals surface area (Å²) < 4.78 is 13.1. The van der Waals surface area contributed by atoms with Crippen molar-refractivity contribution in [3.05, 3.63) is 40.2 Å². The Morgan fingerprint density at radius 1 is 1.50 bits per heavy atom. The van der Waals surface area contributed by atoms with Crippen LogP contribution in [0.3, 0.4) is 0 Å². The zero-order chi connectivity index (χ0) is 11.5. The Morgan fingerprint density at radius 2 is 2.31 bits per heavy atom. The van der Waals surface area contributed by atoms with Crippen molar-refractivity contribution in [3.63, 3.8) is 0 Å². The van der Waals surface area contributed by atoms with Crippen LogP contribution in [0.25, 0.3) is 10.9 Å². The van der Waals surface area contributed by atoms with Crippen molar-refractivity contribution < 1.29 is 4.39 Å². The van der Waals surface area contributed by atoms with Crippen LogP contribution in [0, 0.1) is 5.82 Å². The van der Waals surface area contributed by atoms with Gasteiger partial charge in [0, 0.05) is 24.0 Å². The molecule has 1 aromatic carbocycles. The number of fused-ring (bicyclic) bond motifs is 1. The van der Waals surface area contributed by atoms with Gasteiger partial charge in [-0.15, -0.1) is 0 Å². The van der Waals surface area contributed by atoms with Gasteiger partial charge in [0.2, 0.25) is 0 Å². The molecular formula is C11H12FN3O. The molecule has 0 aliphatic carbocycles. The van der Waals surface area contributed by atoms with Gasteiger partial charge in [-0.25, -0.2) is 9.18 Å². The van der Waals surface area contributed by atoms with Crippen LogP contribution in [0.4, 0.5) is 4.39 Å². The molecule has 0 unspecified atom stereocenters. The molecule has 0 saturated carbocycles. The highest BCUT2D eigenvalue weighted by molar-refractivity contribution is 5.80. The predicted octanol–water partition coefficient (Wildman–Crippen LogP) is 0.824. The van der Waals surface area contributed by atoms with Gasteiger partial charge in [-0.3, -0.25) is 0 Å². The molecule has 2 N–H and O–H groups in total. The Hall–Kier alpha value is -1.75. The molecule has 0 fully saturated rings. The van der Waals surface area contributed by atoms with Crippen molar-refractivity contribution in [2.75, 3.05) is 13.6 Å². The zero-order valence-corrected chi connectivity index (χ0v) is 8.88. The lowest BCUT2D eigenvalue weighted by Gasteiger charge is -2.05. The third-order valence-electron chi connectivity index (χ3n) is 2.39. The van der Waals surface area contributed by atoms with E-state index in [1.807, 2.05) is 7.05 Å². The second-order valence-electron chi connectivity index (χ2n) is 3.54. The van der Waals surface area contributed by atoms with Crippen LogP contribution in [0.2, 0.25) is 0 Å². The molecule has 0 amide bonds. The molecule has 0 radical (unpaired) electrons. The molecule has 16 heavy (non-hydrogen) atoms. The number of nitrogens with one attached hydrogen (secondary N) is 2. The normalized spacial score (nSPS) is 10.9. The minimum atomic E-state index is -0.398. The summed E-state index contributed by atoms with van der Waals surface area (Å²) in [5, 5.41) is 3.64. The van der Waals surface area contributed by atoms with Crippen molar-refractivity contribution >= 4 is 10.9 Å². The number of hydrogen-bond acceptors (Lipinski definition) is 3. The SMILES string of the molecule is CNCCc1[nH]c(=O)nc2ccc(F)cc12. The molecule has 1 aromatic heterocycles. The molecule has 2 aromatic rings. The molecule has 2 rings (SSSR count). The largest absolute Gasteiger partial charge is 0.345 e. The van der Waals surface area contributed by atoms with Crippen LogP contribution in [0.15, 0.2) is 23.0 Å². The minimum absolute atomic E-state index is 0.327. The van der Waals surface area contributed by atoms with E-state index >= 15 is 0 Å². The second kappa shape index (κ2) is 4.40. The van der Waals surface area contributed by atoms with Gasteiger partial charge in [-0.05, 0) is 25.2 Å². The Bertz CT molecular complexity index is 565. The molecule has 5 heteroatoms. The van der Waals surface area contributed by atoms with E-state index in [1.165, 1.54) is 18.2 Å². The molecule has 4 nitrogen and oxygen atoms in total. The van der Waals surface area contributed by atoms with E-state index < -0.39 is 5.69 Å². The van der Waals surface area contributed by atoms with Gasteiger partial charge in [0.25, 0.3) is 0 Å². The first kappa shape index (κ1) is 10.8. The van der Waals surface area contributed by atoms with Crippen LogP contribution in [-0.2, 0) is 6.42 Å². The fourth-order valence-electron chi connectivity index (χ4n) is 1.63. The average molecular weight is 221 g/mol. The maximum atomic E-state index is 13.1.